The molecule has 0 bridgehead atoms. The Hall–Kier alpha value is 0. The second kappa shape index (κ2) is 5.61. The first kappa shape index (κ1) is 10.1. The highest BCUT2D eigenvalue weighted by atomic mass is 14.4. The lowest BCUT2D eigenvalue weighted by atomic mass is 10.1. The Morgan fingerprint density at radius 2 is 1.42 bits per heavy atom. The van der Waals surface area contributed by atoms with Crippen LogP contribution in [0.3, 0.4) is 0 Å². The zero-order valence-corrected chi connectivity index (χ0v) is 8.81. The van der Waals surface area contributed by atoms with Crippen molar-refractivity contribution >= 4 is 0 Å². The summed E-state index contributed by atoms with van der Waals surface area (Å²) >= 11 is 0. The molecule has 0 N–H and O–H groups in total. The van der Waals surface area contributed by atoms with Crippen LogP contribution in [0.25, 0.3) is 0 Å². The van der Waals surface area contributed by atoms with Gasteiger partial charge < -0.3 is 0 Å². The van der Waals surface area contributed by atoms with E-state index in [2.05, 4.69) is 13.8 Å². The topological polar surface area (TPSA) is 0 Å². The SMILES string of the molecule is CCCCC[C@H]1C[C@@H]1CCCC. The summed E-state index contributed by atoms with van der Waals surface area (Å²) in [5.41, 5.74) is 0. The fourth-order valence-electron chi connectivity index (χ4n) is 2.14. The quantitative estimate of drug-likeness (QED) is 0.494. The number of unbranched alkanes of at least 4 members (excludes halogenated alkanes) is 3. The fraction of sp³-hybridized carbons (Fsp3) is 1.00. The highest BCUT2D eigenvalue weighted by Crippen LogP contribution is 2.45. The second-order valence-electron chi connectivity index (χ2n) is 4.39. The first-order valence-corrected chi connectivity index (χ1v) is 5.88. The molecule has 12 heavy (non-hydrogen) atoms. The molecule has 1 saturated carbocycles. The lowest BCUT2D eigenvalue weighted by molar-refractivity contribution is 0.548. The van der Waals surface area contributed by atoms with Gasteiger partial charge in [-0.15, -0.1) is 0 Å². The van der Waals surface area contributed by atoms with Crippen molar-refractivity contribution in [2.45, 2.75) is 65.2 Å². The normalized spacial score (nSPS) is 27.5. The molecule has 1 fully saturated rings. The third-order valence-electron chi connectivity index (χ3n) is 3.18. The van der Waals surface area contributed by atoms with Crippen LogP contribution in [0.2, 0.25) is 0 Å². The smallest absolute Gasteiger partial charge is 0.0383 e. The van der Waals surface area contributed by atoms with Crippen molar-refractivity contribution in [1.29, 1.82) is 0 Å². The lowest BCUT2D eigenvalue weighted by Crippen LogP contribution is -1.84. The fourth-order valence-corrected chi connectivity index (χ4v) is 2.14. The predicted molar refractivity (Wildman–Crippen MR) is 55.3 cm³/mol. The van der Waals surface area contributed by atoms with Gasteiger partial charge in [0, 0.05) is 0 Å². The van der Waals surface area contributed by atoms with E-state index in [9.17, 15) is 0 Å². The van der Waals surface area contributed by atoms with Crippen LogP contribution in [-0.2, 0) is 0 Å². The highest BCUT2D eigenvalue weighted by molar-refractivity contribution is 4.85. The van der Waals surface area contributed by atoms with E-state index < -0.39 is 0 Å². The minimum Gasteiger partial charge on any atom is -0.0654 e. The van der Waals surface area contributed by atoms with E-state index in [1.54, 1.807) is 6.42 Å². The Kier molecular flexibility index (Phi) is 4.72. The van der Waals surface area contributed by atoms with Gasteiger partial charge >= 0.3 is 0 Å². The van der Waals surface area contributed by atoms with Gasteiger partial charge in [-0.05, 0) is 18.3 Å². The van der Waals surface area contributed by atoms with Crippen LogP contribution in [0, 0.1) is 11.8 Å². The second-order valence-corrected chi connectivity index (χ2v) is 4.39. The molecule has 72 valence electrons. The van der Waals surface area contributed by atoms with Gasteiger partial charge in [-0.3, -0.25) is 0 Å². The van der Waals surface area contributed by atoms with Crippen LogP contribution in [0.1, 0.15) is 65.2 Å². The molecule has 0 nitrogen and oxygen atoms in total. The van der Waals surface area contributed by atoms with Gasteiger partial charge in [0.05, 0.1) is 0 Å². The maximum Gasteiger partial charge on any atom is -0.0383 e. The highest BCUT2D eigenvalue weighted by Gasteiger charge is 2.34. The summed E-state index contributed by atoms with van der Waals surface area (Å²) in [6.07, 6.45) is 11.8. The third-order valence-corrected chi connectivity index (χ3v) is 3.18. The Bertz CT molecular complexity index is 107. The standard InChI is InChI=1S/C12H24/c1-3-5-7-9-12-10-11(12)8-6-4-2/h11-12H,3-10H2,1-2H3/t11-,12-/m0/s1. The summed E-state index contributed by atoms with van der Waals surface area (Å²) in [6, 6.07) is 0. The third kappa shape index (κ3) is 3.60. The number of hydrogen-bond donors (Lipinski definition) is 0. The number of rotatable bonds is 7. The van der Waals surface area contributed by atoms with Gasteiger partial charge in [0.15, 0.2) is 0 Å². The van der Waals surface area contributed by atoms with E-state index in [4.69, 9.17) is 0 Å². The van der Waals surface area contributed by atoms with Gasteiger partial charge in [0.25, 0.3) is 0 Å². The molecule has 0 unspecified atom stereocenters. The van der Waals surface area contributed by atoms with Crippen LogP contribution in [-0.4, -0.2) is 0 Å². The van der Waals surface area contributed by atoms with Gasteiger partial charge in [0.2, 0.25) is 0 Å². The van der Waals surface area contributed by atoms with Gasteiger partial charge in [-0.25, -0.2) is 0 Å². The molecule has 0 radical (unpaired) electrons. The molecule has 1 aliphatic rings. The van der Waals surface area contributed by atoms with E-state index in [0.717, 1.165) is 11.8 Å². The van der Waals surface area contributed by atoms with Gasteiger partial charge in [-0.1, -0.05) is 58.8 Å². The van der Waals surface area contributed by atoms with E-state index >= 15 is 0 Å². The molecule has 0 aromatic heterocycles. The van der Waals surface area contributed by atoms with E-state index in [0.29, 0.717) is 0 Å². The van der Waals surface area contributed by atoms with Crippen molar-refractivity contribution in [3.05, 3.63) is 0 Å². The maximum atomic E-state index is 2.30. The zero-order chi connectivity index (χ0) is 8.81. The zero-order valence-electron chi connectivity index (χ0n) is 8.81. The first-order chi connectivity index (χ1) is 5.88. The molecule has 0 aromatic rings. The molecule has 0 saturated heterocycles. The van der Waals surface area contributed by atoms with Crippen molar-refractivity contribution < 1.29 is 0 Å². The van der Waals surface area contributed by atoms with E-state index in [1.165, 1.54) is 44.9 Å². The van der Waals surface area contributed by atoms with Crippen molar-refractivity contribution in [2.75, 3.05) is 0 Å². The summed E-state index contributed by atoms with van der Waals surface area (Å²) in [7, 11) is 0. The Morgan fingerprint density at radius 1 is 0.833 bits per heavy atom. The van der Waals surface area contributed by atoms with Crippen molar-refractivity contribution in [3.8, 4) is 0 Å². The average molecular weight is 168 g/mol. The Balaban J connectivity index is 1.86. The minimum absolute atomic E-state index is 1.14. The van der Waals surface area contributed by atoms with Crippen molar-refractivity contribution in [1.82, 2.24) is 0 Å². The Morgan fingerprint density at radius 3 is 2.00 bits per heavy atom. The first-order valence-electron chi connectivity index (χ1n) is 5.88. The lowest BCUT2D eigenvalue weighted by Gasteiger charge is -1.98. The minimum atomic E-state index is 1.14. The summed E-state index contributed by atoms with van der Waals surface area (Å²) in [5, 5.41) is 0. The van der Waals surface area contributed by atoms with E-state index in [1.807, 2.05) is 0 Å². The summed E-state index contributed by atoms with van der Waals surface area (Å²) < 4.78 is 0. The molecular formula is C12H24. The van der Waals surface area contributed by atoms with Crippen LogP contribution in [0.5, 0.6) is 0 Å². The van der Waals surface area contributed by atoms with Gasteiger partial charge in [-0.2, -0.15) is 0 Å². The average Bonchev–Trinajstić information content (AvgIpc) is 2.81. The largest absolute Gasteiger partial charge is 0.0654 e. The molecule has 0 amide bonds. The molecule has 0 heteroatoms. The van der Waals surface area contributed by atoms with Crippen LogP contribution in [0.15, 0.2) is 0 Å². The van der Waals surface area contributed by atoms with Crippen molar-refractivity contribution in [2.24, 2.45) is 11.8 Å². The van der Waals surface area contributed by atoms with Gasteiger partial charge in [0.1, 0.15) is 0 Å². The molecule has 2 atom stereocenters. The molecule has 0 heterocycles. The van der Waals surface area contributed by atoms with Crippen LogP contribution in [0.4, 0.5) is 0 Å². The molecule has 0 aliphatic heterocycles. The molecule has 0 aromatic carbocycles. The number of hydrogen-bond acceptors (Lipinski definition) is 0. The molecule has 1 rings (SSSR count). The summed E-state index contributed by atoms with van der Waals surface area (Å²) in [6.45, 7) is 4.59. The van der Waals surface area contributed by atoms with Crippen LogP contribution < -0.4 is 0 Å². The molecule has 1 aliphatic carbocycles. The van der Waals surface area contributed by atoms with E-state index in [-0.39, 0.29) is 0 Å². The molecular weight excluding hydrogens is 144 g/mol. The predicted octanol–water partition coefficient (Wildman–Crippen LogP) is 4.39. The maximum absolute atomic E-state index is 2.30. The monoisotopic (exact) mass is 168 g/mol. The Labute approximate surface area is 77.7 Å². The summed E-state index contributed by atoms with van der Waals surface area (Å²) in [4.78, 5) is 0. The van der Waals surface area contributed by atoms with Crippen LogP contribution >= 0.6 is 0 Å². The molecule has 0 spiro atoms. The summed E-state index contributed by atoms with van der Waals surface area (Å²) in [5.74, 6) is 2.28. The van der Waals surface area contributed by atoms with Crippen molar-refractivity contribution in [3.63, 3.8) is 0 Å².